The van der Waals surface area contributed by atoms with Gasteiger partial charge in [0.15, 0.2) is 0 Å². The molecule has 0 spiro atoms. The minimum Gasteiger partial charge on any atom is -0.303 e. The average molecular weight is 295 g/mol. The molecule has 0 unspecified atom stereocenters. The topological polar surface area (TPSA) is 6.48 Å². The molecule has 124 valence electrons. The molecule has 21 heavy (non-hydrogen) atoms. The highest BCUT2D eigenvalue weighted by atomic mass is 15.2. The van der Waals surface area contributed by atoms with E-state index in [1.54, 1.807) is 0 Å². The third kappa shape index (κ3) is 6.28. The molecule has 2 aliphatic heterocycles. The minimum atomic E-state index is 0.486. The molecule has 2 fully saturated rings. The lowest BCUT2D eigenvalue weighted by atomic mass is 9.77. The Balaban J connectivity index is 1.59. The summed E-state index contributed by atoms with van der Waals surface area (Å²) in [4.78, 5) is 5.32. The van der Waals surface area contributed by atoms with Crippen LogP contribution in [0.3, 0.4) is 0 Å². The van der Waals surface area contributed by atoms with Crippen molar-refractivity contribution in [3.8, 4) is 0 Å². The van der Waals surface area contributed by atoms with Gasteiger partial charge in [-0.1, -0.05) is 34.6 Å². The molecule has 0 radical (unpaired) electrons. The molecule has 0 bridgehead atoms. The second-order valence-corrected chi connectivity index (χ2v) is 9.60. The second-order valence-electron chi connectivity index (χ2n) is 9.60. The summed E-state index contributed by atoms with van der Waals surface area (Å²) in [6.45, 7) is 20.1. The molecular weight excluding hydrogens is 256 g/mol. The van der Waals surface area contributed by atoms with E-state index in [4.69, 9.17) is 0 Å². The Kier molecular flexibility index (Phi) is 5.76. The van der Waals surface area contributed by atoms with Gasteiger partial charge in [0.2, 0.25) is 0 Å². The molecule has 0 aliphatic carbocycles. The summed E-state index contributed by atoms with van der Waals surface area (Å²) in [5.41, 5.74) is 1.02. The summed E-state index contributed by atoms with van der Waals surface area (Å²) in [6.07, 6.45) is 6.98. The predicted molar refractivity (Wildman–Crippen MR) is 92.7 cm³/mol. The van der Waals surface area contributed by atoms with Crippen LogP contribution in [0, 0.1) is 16.7 Å². The monoisotopic (exact) mass is 294 g/mol. The Hall–Kier alpha value is -0.0800. The van der Waals surface area contributed by atoms with Crippen LogP contribution in [-0.4, -0.2) is 49.1 Å². The predicted octanol–water partition coefficient (Wildman–Crippen LogP) is 4.26. The Morgan fingerprint density at radius 1 is 0.810 bits per heavy atom. The lowest BCUT2D eigenvalue weighted by Gasteiger charge is -2.44. The summed E-state index contributed by atoms with van der Waals surface area (Å²) in [7, 11) is 0. The number of hydrogen-bond donors (Lipinski definition) is 0. The highest BCUT2D eigenvalue weighted by molar-refractivity contribution is 4.86. The molecule has 2 heteroatoms. The van der Waals surface area contributed by atoms with Gasteiger partial charge in [-0.3, -0.25) is 0 Å². The minimum absolute atomic E-state index is 0.486. The van der Waals surface area contributed by atoms with Crippen molar-refractivity contribution >= 4 is 0 Å². The van der Waals surface area contributed by atoms with Crippen molar-refractivity contribution in [1.82, 2.24) is 9.80 Å². The van der Waals surface area contributed by atoms with Crippen molar-refractivity contribution in [2.24, 2.45) is 16.7 Å². The molecule has 2 saturated heterocycles. The van der Waals surface area contributed by atoms with Gasteiger partial charge >= 0.3 is 0 Å². The Morgan fingerprint density at radius 2 is 1.38 bits per heavy atom. The van der Waals surface area contributed by atoms with Crippen LogP contribution >= 0.6 is 0 Å². The number of likely N-dealkylation sites (tertiary alicyclic amines) is 2. The zero-order valence-electron chi connectivity index (χ0n) is 15.2. The van der Waals surface area contributed by atoms with Gasteiger partial charge in [-0.15, -0.1) is 0 Å². The first-order valence-electron chi connectivity index (χ1n) is 9.18. The molecule has 2 nitrogen and oxygen atoms in total. The highest BCUT2D eigenvalue weighted by Gasteiger charge is 2.32. The molecule has 0 saturated carbocycles. The molecular formula is C19H38N2. The summed E-state index contributed by atoms with van der Waals surface area (Å²) in [5.74, 6) is 0.957. The Labute approximate surface area is 133 Å². The van der Waals surface area contributed by atoms with E-state index in [1.165, 1.54) is 71.4 Å². The van der Waals surface area contributed by atoms with Crippen molar-refractivity contribution in [3.63, 3.8) is 0 Å². The standard InChI is InChI=1S/C19H38N2/c1-18(2,3)8-12-21-15-17(16-21)14-19(4,5)9-13-20-10-6-7-11-20/h17H,6-16H2,1-5H3. The lowest BCUT2D eigenvalue weighted by molar-refractivity contribution is 0.0516. The van der Waals surface area contributed by atoms with E-state index in [1.807, 2.05) is 0 Å². The zero-order chi connectivity index (χ0) is 15.5. The summed E-state index contributed by atoms with van der Waals surface area (Å²) in [5, 5.41) is 0. The fourth-order valence-electron chi connectivity index (χ4n) is 3.83. The second kappa shape index (κ2) is 7.00. The fraction of sp³-hybridized carbons (Fsp3) is 1.00. The summed E-state index contributed by atoms with van der Waals surface area (Å²) >= 11 is 0. The van der Waals surface area contributed by atoms with E-state index in [0.717, 1.165) is 5.92 Å². The van der Waals surface area contributed by atoms with Crippen LogP contribution in [0.5, 0.6) is 0 Å². The van der Waals surface area contributed by atoms with Crippen LogP contribution in [0.25, 0.3) is 0 Å². The van der Waals surface area contributed by atoms with Crippen LogP contribution in [-0.2, 0) is 0 Å². The van der Waals surface area contributed by atoms with Gasteiger partial charge in [0.05, 0.1) is 0 Å². The Morgan fingerprint density at radius 3 is 1.95 bits per heavy atom. The number of rotatable bonds is 7. The molecule has 0 aromatic carbocycles. The van der Waals surface area contributed by atoms with E-state index in [0.29, 0.717) is 10.8 Å². The van der Waals surface area contributed by atoms with E-state index in [2.05, 4.69) is 44.4 Å². The van der Waals surface area contributed by atoms with Crippen LogP contribution in [0.15, 0.2) is 0 Å². The Bertz CT molecular complexity index is 304. The van der Waals surface area contributed by atoms with Crippen molar-refractivity contribution < 1.29 is 0 Å². The number of hydrogen-bond acceptors (Lipinski definition) is 2. The quantitative estimate of drug-likeness (QED) is 0.692. The molecule has 2 rings (SSSR count). The fourth-order valence-corrected chi connectivity index (χ4v) is 3.83. The molecule has 0 atom stereocenters. The van der Waals surface area contributed by atoms with E-state index < -0.39 is 0 Å². The molecule has 2 heterocycles. The molecule has 0 N–H and O–H groups in total. The van der Waals surface area contributed by atoms with E-state index in [9.17, 15) is 0 Å². The van der Waals surface area contributed by atoms with Crippen molar-refractivity contribution in [2.45, 2.75) is 66.7 Å². The van der Waals surface area contributed by atoms with E-state index >= 15 is 0 Å². The lowest BCUT2D eigenvalue weighted by Crippen LogP contribution is -2.49. The average Bonchev–Trinajstić information content (AvgIpc) is 2.81. The van der Waals surface area contributed by atoms with Crippen molar-refractivity contribution in [2.75, 3.05) is 39.3 Å². The van der Waals surface area contributed by atoms with Crippen LogP contribution in [0.4, 0.5) is 0 Å². The normalized spacial score (nSPS) is 22.7. The van der Waals surface area contributed by atoms with Gasteiger partial charge in [-0.25, -0.2) is 0 Å². The van der Waals surface area contributed by atoms with Gasteiger partial charge < -0.3 is 9.80 Å². The van der Waals surface area contributed by atoms with Crippen LogP contribution in [0.1, 0.15) is 66.7 Å². The first-order valence-corrected chi connectivity index (χ1v) is 9.18. The van der Waals surface area contributed by atoms with Crippen molar-refractivity contribution in [3.05, 3.63) is 0 Å². The van der Waals surface area contributed by atoms with Gasteiger partial charge in [-0.2, -0.15) is 0 Å². The van der Waals surface area contributed by atoms with Gasteiger partial charge in [0.1, 0.15) is 0 Å². The maximum Gasteiger partial charge on any atom is 0.00222 e. The first kappa shape index (κ1) is 17.3. The first-order chi connectivity index (χ1) is 9.73. The van der Waals surface area contributed by atoms with Crippen molar-refractivity contribution in [1.29, 1.82) is 0 Å². The summed E-state index contributed by atoms with van der Waals surface area (Å²) in [6, 6.07) is 0. The van der Waals surface area contributed by atoms with Gasteiger partial charge in [0, 0.05) is 13.1 Å². The SMILES string of the molecule is CC(C)(C)CCN1CC(CC(C)(C)CCN2CCCC2)C1. The molecule has 0 aromatic heterocycles. The molecule has 0 aromatic rings. The highest BCUT2D eigenvalue weighted by Crippen LogP contribution is 2.34. The third-order valence-corrected chi connectivity index (χ3v) is 5.36. The molecule has 0 amide bonds. The van der Waals surface area contributed by atoms with Crippen LogP contribution in [0.2, 0.25) is 0 Å². The largest absolute Gasteiger partial charge is 0.303 e. The van der Waals surface area contributed by atoms with E-state index in [-0.39, 0.29) is 0 Å². The number of nitrogens with zero attached hydrogens (tertiary/aromatic N) is 2. The van der Waals surface area contributed by atoms with Crippen LogP contribution < -0.4 is 0 Å². The maximum atomic E-state index is 2.66. The smallest absolute Gasteiger partial charge is 0.00222 e. The maximum absolute atomic E-state index is 2.66. The van der Waals surface area contributed by atoms with Gasteiger partial charge in [0.25, 0.3) is 0 Å². The summed E-state index contributed by atoms with van der Waals surface area (Å²) < 4.78 is 0. The molecule has 2 aliphatic rings. The third-order valence-electron chi connectivity index (χ3n) is 5.36. The van der Waals surface area contributed by atoms with Gasteiger partial charge in [-0.05, 0) is 75.0 Å². The zero-order valence-corrected chi connectivity index (χ0v) is 15.2.